The molecule has 5 heteroatoms. The maximum absolute atomic E-state index is 12.3. The summed E-state index contributed by atoms with van der Waals surface area (Å²) in [6.45, 7) is 1.10. The average Bonchev–Trinajstić information content (AvgIpc) is 3.19. The van der Waals surface area contributed by atoms with Crippen LogP contribution >= 0.6 is 0 Å². The monoisotopic (exact) mass is 282 g/mol. The van der Waals surface area contributed by atoms with Gasteiger partial charge in [0.05, 0.1) is 24.9 Å². The summed E-state index contributed by atoms with van der Waals surface area (Å²) < 4.78 is 5.19. The zero-order valence-electron chi connectivity index (χ0n) is 11.4. The molecule has 0 atom stereocenters. The first kappa shape index (κ1) is 12.2. The molecule has 2 amide bonds. The third kappa shape index (κ3) is 1.93. The van der Waals surface area contributed by atoms with Crippen molar-refractivity contribution >= 4 is 17.5 Å². The molecule has 2 aromatic rings. The molecule has 1 N–H and O–H groups in total. The van der Waals surface area contributed by atoms with Crippen LogP contribution in [0.5, 0.6) is 0 Å². The van der Waals surface area contributed by atoms with Gasteiger partial charge in [0.2, 0.25) is 5.91 Å². The molecule has 5 nitrogen and oxygen atoms in total. The Morgan fingerprint density at radius 1 is 1.33 bits per heavy atom. The maximum Gasteiger partial charge on any atom is 0.251 e. The molecule has 0 radical (unpaired) electrons. The number of amides is 2. The highest BCUT2D eigenvalue weighted by Crippen LogP contribution is 2.38. The van der Waals surface area contributed by atoms with Crippen LogP contribution in [0.3, 0.4) is 0 Å². The van der Waals surface area contributed by atoms with E-state index >= 15 is 0 Å². The fourth-order valence-corrected chi connectivity index (χ4v) is 3.10. The molecule has 0 spiro atoms. The lowest BCUT2D eigenvalue weighted by atomic mass is 10.0. The second-order valence-corrected chi connectivity index (χ2v) is 5.38. The molecule has 1 aromatic heterocycles. The average molecular weight is 282 g/mol. The van der Waals surface area contributed by atoms with Gasteiger partial charge in [0.1, 0.15) is 5.76 Å². The first-order valence-corrected chi connectivity index (χ1v) is 6.99. The number of hydrogen-bond donors (Lipinski definition) is 1. The van der Waals surface area contributed by atoms with Crippen LogP contribution in [0.25, 0.3) is 0 Å². The molecular formula is C16H14N2O3. The highest BCUT2D eigenvalue weighted by molar-refractivity contribution is 6.05. The normalized spacial score (nSPS) is 15.4. The SMILES string of the molecule is O=C(NCc1ccco1)c1cc2c3c(c1)CC(=O)N3CC2. The Bertz CT molecular complexity index is 734. The van der Waals surface area contributed by atoms with Crippen molar-refractivity contribution in [1.82, 2.24) is 5.32 Å². The predicted octanol–water partition coefficient (Wildman–Crippen LogP) is 1.65. The molecule has 1 aromatic carbocycles. The topological polar surface area (TPSA) is 62.6 Å². The van der Waals surface area contributed by atoms with E-state index in [9.17, 15) is 9.59 Å². The van der Waals surface area contributed by atoms with Crippen molar-refractivity contribution in [1.29, 1.82) is 0 Å². The van der Waals surface area contributed by atoms with Gasteiger partial charge in [0, 0.05) is 12.1 Å². The van der Waals surface area contributed by atoms with Gasteiger partial charge in [-0.3, -0.25) is 9.59 Å². The Kier molecular flexibility index (Phi) is 2.60. The maximum atomic E-state index is 12.3. The number of nitrogens with one attached hydrogen (secondary N) is 1. The lowest BCUT2D eigenvalue weighted by Gasteiger charge is -2.10. The molecule has 0 aliphatic carbocycles. The first-order chi connectivity index (χ1) is 10.2. The second-order valence-electron chi connectivity index (χ2n) is 5.38. The van der Waals surface area contributed by atoms with Gasteiger partial charge in [-0.1, -0.05) is 0 Å². The van der Waals surface area contributed by atoms with Gasteiger partial charge in [-0.15, -0.1) is 0 Å². The molecule has 3 heterocycles. The molecule has 0 unspecified atom stereocenters. The van der Waals surface area contributed by atoms with Crippen LogP contribution in [0.15, 0.2) is 34.9 Å². The number of carbonyl (C=O) groups is 2. The number of furan rings is 1. The molecule has 0 bridgehead atoms. The summed E-state index contributed by atoms with van der Waals surface area (Å²) in [4.78, 5) is 26.0. The van der Waals surface area contributed by atoms with Crippen LogP contribution in [-0.4, -0.2) is 18.4 Å². The van der Waals surface area contributed by atoms with Crippen LogP contribution in [0, 0.1) is 0 Å². The van der Waals surface area contributed by atoms with Crippen molar-refractivity contribution in [2.45, 2.75) is 19.4 Å². The van der Waals surface area contributed by atoms with Crippen LogP contribution in [-0.2, 0) is 24.2 Å². The quantitative estimate of drug-likeness (QED) is 0.931. The molecule has 2 aliphatic rings. The highest BCUT2D eigenvalue weighted by Gasteiger charge is 2.34. The lowest BCUT2D eigenvalue weighted by Crippen LogP contribution is -2.24. The molecular weight excluding hydrogens is 268 g/mol. The van der Waals surface area contributed by atoms with E-state index in [0.29, 0.717) is 18.5 Å². The van der Waals surface area contributed by atoms with Crippen molar-refractivity contribution in [2.24, 2.45) is 0 Å². The zero-order valence-corrected chi connectivity index (χ0v) is 11.4. The number of hydrogen-bond acceptors (Lipinski definition) is 3. The Balaban J connectivity index is 1.58. The van der Waals surface area contributed by atoms with Crippen molar-refractivity contribution in [2.75, 3.05) is 11.4 Å². The summed E-state index contributed by atoms with van der Waals surface area (Å²) >= 11 is 0. The van der Waals surface area contributed by atoms with Gasteiger partial charge in [-0.25, -0.2) is 0 Å². The summed E-state index contributed by atoms with van der Waals surface area (Å²) in [6, 6.07) is 7.34. The largest absolute Gasteiger partial charge is 0.467 e. The fraction of sp³-hybridized carbons (Fsp3) is 0.250. The number of nitrogens with zero attached hydrogens (tertiary/aromatic N) is 1. The Morgan fingerprint density at radius 2 is 2.19 bits per heavy atom. The van der Waals surface area contributed by atoms with Crippen LogP contribution in [0.1, 0.15) is 27.2 Å². The number of anilines is 1. The smallest absolute Gasteiger partial charge is 0.251 e. The minimum Gasteiger partial charge on any atom is -0.467 e. The molecule has 2 aliphatic heterocycles. The lowest BCUT2D eigenvalue weighted by molar-refractivity contribution is -0.117. The van der Waals surface area contributed by atoms with E-state index in [1.165, 1.54) is 0 Å². The van der Waals surface area contributed by atoms with Gasteiger partial charge >= 0.3 is 0 Å². The zero-order chi connectivity index (χ0) is 14.4. The van der Waals surface area contributed by atoms with Gasteiger partial charge in [-0.2, -0.15) is 0 Å². The predicted molar refractivity (Wildman–Crippen MR) is 76.1 cm³/mol. The van der Waals surface area contributed by atoms with Crippen LogP contribution in [0.2, 0.25) is 0 Å². The van der Waals surface area contributed by atoms with E-state index in [4.69, 9.17) is 4.42 Å². The number of benzene rings is 1. The van der Waals surface area contributed by atoms with E-state index in [1.54, 1.807) is 12.3 Å². The van der Waals surface area contributed by atoms with Gasteiger partial charge in [-0.05, 0) is 41.8 Å². The minimum atomic E-state index is -0.136. The molecule has 4 rings (SSSR count). The molecule has 106 valence electrons. The molecule has 0 fully saturated rings. The van der Waals surface area contributed by atoms with E-state index in [2.05, 4.69) is 5.32 Å². The summed E-state index contributed by atoms with van der Waals surface area (Å²) in [7, 11) is 0. The van der Waals surface area contributed by atoms with E-state index in [1.807, 2.05) is 23.1 Å². The van der Waals surface area contributed by atoms with Crippen molar-refractivity contribution in [3.05, 3.63) is 53.0 Å². The summed E-state index contributed by atoms with van der Waals surface area (Å²) in [5.74, 6) is 0.718. The van der Waals surface area contributed by atoms with E-state index in [-0.39, 0.29) is 11.8 Å². The number of carbonyl (C=O) groups excluding carboxylic acids is 2. The Morgan fingerprint density at radius 3 is 3.00 bits per heavy atom. The van der Waals surface area contributed by atoms with Gasteiger partial charge < -0.3 is 14.6 Å². The summed E-state index contributed by atoms with van der Waals surface area (Å²) in [5, 5.41) is 2.84. The van der Waals surface area contributed by atoms with Crippen LogP contribution in [0.4, 0.5) is 5.69 Å². The molecule has 0 saturated heterocycles. The Labute approximate surface area is 121 Å². The van der Waals surface area contributed by atoms with Gasteiger partial charge in [0.15, 0.2) is 0 Å². The van der Waals surface area contributed by atoms with Crippen molar-refractivity contribution < 1.29 is 14.0 Å². The van der Waals surface area contributed by atoms with Gasteiger partial charge in [0.25, 0.3) is 5.91 Å². The second kappa shape index (κ2) is 4.48. The van der Waals surface area contributed by atoms with Crippen molar-refractivity contribution in [3.63, 3.8) is 0 Å². The van der Waals surface area contributed by atoms with Crippen LogP contribution < -0.4 is 10.2 Å². The van der Waals surface area contributed by atoms with E-state index in [0.717, 1.165) is 35.5 Å². The third-order valence-corrected chi connectivity index (χ3v) is 4.05. The third-order valence-electron chi connectivity index (χ3n) is 4.05. The first-order valence-electron chi connectivity index (χ1n) is 6.99. The minimum absolute atomic E-state index is 0.136. The summed E-state index contributed by atoms with van der Waals surface area (Å²) in [6.07, 6.45) is 2.81. The van der Waals surface area contributed by atoms with E-state index < -0.39 is 0 Å². The molecule has 21 heavy (non-hydrogen) atoms. The fourth-order valence-electron chi connectivity index (χ4n) is 3.10. The molecule has 0 saturated carbocycles. The number of rotatable bonds is 3. The van der Waals surface area contributed by atoms with Crippen molar-refractivity contribution in [3.8, 4) is 0 Å². The summed E-state index contributed by atoms with van der Waals surface area (Å²) in [5.41, 5.74) is 3.72. The standard InChI is InChI=1S/C16H14N2O3/c19-14-8-11-7-12(6-10-3-4-18(14)15(10)11)16(20)17-9-13-2-1-5-21-13/h1-2,5-7H,3-4,8-9H2,(H,17,20). The Hall–Kier alpha value is -2.56. The highest BCUT2D eigenvalue weighted by atomic mass is 16.3.